The van der Waals surface area contributed by atoms with E-state index in [-0.39, 0.29) is 45.5 Å². The van der Waals surface area contributed by atoms with Crippen LogP contribution >= 0.6 is 11.3 Å². The van der Waals surface area contributed by atoms with Gasteiger partial charge in [-0.15, -0.1) is 0 Å². The number of ether oxygens (including phenoxy) is 3. The number of aromatic nitrogens is 1. The van der Waals surface area contributed by atoms with Crippen molar-refractivity contribution in [2.45, 2.75) is 19.9 Å². The lowest BCUT2D eigenvalue weighted by Gasteiger charge is -2.23. The number of carbonyl (C=O) groups excluding carboxylic acids is 2. The van der Waals surface area contributed by atoms with Crippen LogP contribution in [0.1, 0.15) is 50.0 Å². The van der Waals surface area contributed by atoms with Crippen molar-refractivity contribution in [1.29, 1.82) is 0 Å². The van der Waals surface area contributed by atoms with Gasteiger partial charge >= 0.3 is 5.97 Å². The third-order valence-electron chi connectivity index (χ3n) is 6.14. The molecule has 0 fully saturated rings. The molecule has 4 aromatic rings. The van der Waals surface area contributed by atoms with Crippen molar-refractivity contribution in [1.82, 2.24) is 4.98 Å². The van der Waals surface area contributed by atoms with Crippen molar-refractivity contribution in [3.05, 3.63) is 92.6 Å². The SMILES string of the molecule is C=CCOc1ccc(C2c3c(oc4ccc(F)cc4c3=O)C(=O)N2c2nc(C)c(C(=O)OCC)s2)cc1OC. The number of methoxy groups -OCH3 is 1. The molecule has 1 aliphatic heterocycles. The second kappa shape index (κ2) is 10.3. The summed E-state index contributed by atoms with van der Waals surface area (Å²) in [6.45, 7) is 7.37. The molecule has 2 aromatic carbocycles. The van der Waals surface area contributed by atoms with Gasteiger partial charge in [0, 0.05) is 0 Å². The Hall–Kier alpha value is -4.51. The van der Waals surface area contributed by atoms with Crippen LogP contribution in [0.2, 0.25) is 0 Å². The van der Waals surface area contributed by atoms with Gasteiger partial charge in [-0.25, -0.2) is 14.2 Å². The fraction of sp³-hybridized carbons (Fsp3) is 0.214. The molecule has 0 radical (unpaired) electrons. The number of hydrogen-bond acceptors (Lipinski definition) is 9. The van der Waals surface area contributed by atoms with E-state index < -0.39 is 29.2 Å². The Morgan fingerprint density at radius 2 is 2.03 bits per heavy atom. The minimum atomic E-state index is -1.01. The molecule has 39 heavy (non-hydrogen) atoms. The van der Waals surface area contributed by atoms with Gasteiger partial charge in [-0.1, -0.05) is 30.1 Å². The van der Waals surface area contributed by atoms with E-state index in [0.29, 0.717) is 22.8 Å². The van der Waals surface area contributed by atoms with Gasteiger partial charge in [-0.05, 0) is 49.7 Å². The smallest absolute Gasteiger partial charge is 0.350 e. The first kappa shape index (κ1) is 26.1. The Labute approximate surface area is 226 Å². The summed E-state index contributed by atoms with van der Waals surface area (Å²) in [5.41, 5.74) is 0.385. The number of benzene rings is 2. The second-order valence-corrected chi connectivity index (χ2v) is 9.51. The van der Waals surface area contributed by atoms with E-state index >= 15 is 0 Å². The van der Waals surface area contributed by atoms with Gasteiger partial charge < -0.3 is 18.6 Å². The van der Waals surface area contributed by atoms with E-state index in [9.17, 15) is 18.8 Å². The van der Waals surface area contributed by atoms with E-state index in [0.717, 1.165) is 23.5 Å². The van der Waals surface area contributed by atoms with Gasteiger partial charge in [-0.3, -0.25) is 14.5 Å². The lowest BCUT2D eigenvalue weighted by atomic mass is 9.98. The van der Waals surface area contributed by atoms with Gasteiger partial charge in [0.05, 0.1) is 36.4 Å². The zero-order valence-electron chi connectivity index (χ0n) is 21.3. The molecule has 0 N–H and O–H groups in total. The number of anilines is 1. The number of amides is 1. The van der Waals surface area contributed by atoms with Crippen molar-refractivity contribution in [3.63, 3.8) is 0 Å². The monoisotopic (exact) mass is 550 g/mol. The van der Waals surface area contributed by atoms with E-state index in [1.165, 1.54) is 18.1 Å². The fourth-order valence-electron chi connectivity index (χ4n) is 4.45. The summed E-state index contributed by atoms with van der Waals surface area (Å²) in [5.74, 6) is -1.23. The van der Waals surface area contributed by atoms with Crippen LogP contribution in [0.25, 0.3) is 11.0 Å². The molecule has 0 spiro atoms. The van der Waals surface area contributed by atoms with Gasteiger partial charge in [-0.2, -0.15) is 0 Å². The van der Waals surface area contributed by atoms with Crippen molar-refractivity contribution in [2.75, 3.05) is 25.2 Å². The minimum Gasteiger partial charge on any atom is -0.493 e. The molecule has 3 heterocycles. The van der Waals surface area contributed by atoms with Crippen LogP contribution in [-0.4, -0.2) is 37.2 Å². The van der Waals surface area contributed by atoms with E-state index in [1.807, 2.05) is 0 Å². The number of fused-ring (bicyclic) bond motifs is 2. The van der Waals surface area contributed by atoms with Crippen LogP contribution in [0.5, 0.6) is 11.5 Å². The predicted octanol–water partition coefficient (Wildman–Crippen LogP) is 5.20. The van der Waals surface area contributed by atoms with Crippen LogP contribution in [-0.2, 0) is 4.74 Å². The normalized spacial score (nSPS) is 14.4. The third kappa shape index (κ3) is 4.44. The molecule has 200 valence electrons. The first-order valence-corrected chi connectivity index (χ1v) is 12.8. The molecule has 0 aliphatic carbocycles. The summed E-state index contributed by atoms with van der Waals surface area (Å²) in [6, 6.07) is 7.48. The number of thiazole rings is 1. The topological polar surface area (TPSA) is 108 Å². The van der Waals surface area contributed by atoms with Gasteiger partial charge in [0.2, 0.25) is 5.76 Å². The van der Waals surface area contributed by atoms with Crippen LogP contribution in [0.3, 0.4) is 0 Å². The number of halogens is 1. The number of rotatable bonds is 8. The molecular weight excluding hydrogens is 527 g/mol. The number of hydrogen-bond donors (Lipinski definition) is 0. The number of nitrogens with zero attached hydrogens (tertiary/aromatic N) is 2. The second-order valence-electron chi connectivity index (χ2n) is 8.53. The van der Waals surface area contributed by atoms with Crippen molar-refractivity contribution < 1.29 is 32.6 Å². The molecule has 5 rings (SSSR count). The Morgan fingerprint density at radius 3 is 2.74 bits per heavy atom. The summed E-state index contributed by atoms with van der Waals surface area (Å²) in [5, 5.41) is 0.159. The molecule has 11 heteroatoms. The van der Waals surface area contributed by atoms with Crippen molar-refractivity contribution in [2.24, 2.45) is 0 Å². The zero-order chi connectivity index (χ0) is 27.8. The summed E-state index contributed by atoms with van der Waals surface area (Å²) in [6.07, 6.45) is 1.59. The highest BCUT2D eigenvalue weighted by atomic mass is 32.1. The van der Waals surface area contributed by atoms with Crippen LogP contribution < -0.4 is 19.8 Å². The predicted molar refractivity (Wildman–Crippen MR) is 143 cm³/mol. The maximum Gasteiger partial charge on any atom is 0.350 e. The highest BCUT2D eigenvalue weighted by molar-refractivity contribution is 7.17. The zero-order valence-corrected chi connectivity index (χ0v) is 22.1. The Balaban J connectivity index is 1.74. The number of esters is 1. The maximum atomic E-state index is 14.1. The van der Waals surface area contributed by atoms with Gasteiger partial charge in [0.25, 0.3) is 5.91 Å². The highest BCUT2D eigenvalue weighted by Crippen LogP contribution is 2.44. The molecule has 1 unspecified atom stereocenters. The maximum absolute atomic E-state index is 14.1. The summed E-state index contributed by atoms with van der Waals surface area (Å²) < 4.78 is 36.3. The Kier molecular flexibility index (Phi) is 6.92. The average Bonchev–Trinajstić information content (AvgIpc) is 3.45. The first-order valence-electron chi connectivity index (χ1n) is 11.9. The quantitative estimate of drug-likeness (QED) is 0.218. The van der Waals surface area contributed by atoms with Crippen molar-refractivity contribution in [3.8, 4) is 11.5 Å². The minimum absolute atomic E-state index is 0.00571. The average molecular weight is 551 g/mol. The first-order chi connectivity index (χ1) is 18.8. The van der Waals surface area contributed by atoms with Gasteiger partial charge in [0.15, 0.2) is 22.1 Å². The fourth-order valence-corrected chi connectivity index (χ4v) is 5.44. The number of aryl methyl sites for hydroxylation is 1. The lowest BCUT2D eigenvalue weighted by Crippen LogP contribution is -2.29. The van der Waals surface area contributed by atoms with E-state index in [1.54, 1.807) is 38.1 Å². The molecule has 0 saturated carbocycles. The highest BCUT2D eigenvalue weighted by Gasteiger charge is 2.45. The van der Waals surface area contributed by atoms with Crippen LogP contribution in [0, 0.1) is 12.7 Å². The summed E-state index contributed by atoms with van der Waals surface area (Å²) >= 11 is 0.963. The molecule has 2 aromatic heterocycles. The largest absolute Gasteiger partial charge is 0.493 e. The lowest BCUT2D eigenvalue weighted by molar-refractivity contribution is 0.0531. The molecular formula is C28H23FN2O7S. The molecule has 9 nitrogen and oxygen atoms in total. The molecule has 1 aliphatic rings. The van der Waals surface area contributed by atoms with Gasteiger partial charge in [0.1, 0.15) is 22.9 Å². The van der Waals surface area contributed by atoms with Crippen molar-refractivity contribution >= 4 is 39.3 Å². The third-order valence-corrected chi connectivity index (χ3v) is 7.28. The number of carbonyl (C=O) groups is 2. The standard InChI is InChI=1S/C28H23FN2O7S/c1-5-11-37-19-9-7-15(12-20(19)35-4)22-21-23(32)17-13-16(29)8-10-18(17)38-24(21)26(33)31(22)28-30-14(3)25(39-28)27(34)36-6-2/h5,7-10,12-13,22H,1,6,11H2,2-4H3. The molecule has 1 amide bonds. The molecule has 1 atom stereocenters. The summed E-state index contributed by atoms with van der Waals surface area (Å²) in [7, 11) is 1.46. The van der Waals surface area contributed by atoms with Crippen LogP contribution in [0.15, 0.2) is 58.3 Å². The Morgan fingerprint density at radius 1 is 1.23 bits per heavy atom. The summed E-state index contributed by atoms with van der Waals surface area (Å²) in [4.78, 5) is 46.1. The molecule has 0 saturated heterocycles. The molecule has 0 bridgehead atoms. The van der Waals surface area contributed by atoms with E-state index in [4.69, 9.17) is 18.6 Å². The Bertz CT molecular complexity index is 1690. The van der Waals surface area contributed by atoms with Crippen LogP contribution in [0.4, 0.5) is 9.52 Å². The van der Waals surface area contributed by atoms with E-state index in [2.05, 4.69) is 11.6 Å².